The van der Waals surface area contributed by atoms with Crippen LogP contribution in [0.25, 0.3) is 82.8 Å². The van der Waals surface area contributed by atoms with Crippen molar-refractivity contribution in [2.24, 2.45) is 0 Å². The van der Waals surface area contributed by atoms with Crippen LogP contribution in [-0.2, 0) is 0 Å². The predicted molar refractivity (Wildman–Crippen MR) is 255 cm³/mol. The summed E-state index contributed by atoms with van der Waals surface area (Å²) >= 11 is 0. The molecule has 1 heterocycles. The molecular weight excluding hydrogens is 725 g/mol. The van der Waals surface area contributed by atoms with E-state index in [9.17, 15) is 0 Å². The molecule has 11 aromatic rings. The zero-order valence-electron chi connectivity index (χ0n) is 33.0. The van der Waals surface area contributed by atoms with Gasteiger partial charge in [-0.2, -0.15) is 0 Å². The number of para-hydroxylation sites is 3. The van der Waals surface area contributed by atoms with Crippen molar-refractivity contribution in [2.75, 3.05) is 4.90 Å². The summed E-state index contributed by atoms with van der Waals surface area (Å²) in [5.74, 6) is 0. The summed E-state index contributed by atoms with van der Waals surface area (Å²) in [5.41, 5.74) is 16.2. The Labute approximate surface area is 350 Å². The molecule has 0 fully saturated rings. The number of anilines is 3. The van der Waals surface area contributed by atoms with Gasteiger partial charge in [0.2, 0.25) is 0 Å². The number of aromatic nitrogens is 1. The first-order valence-electron chi connectivity index (χ1n) is 20.6. The summed E-state index contributed by atoms with van der Waals surface area (Å²) in [6, 6.07) is 88.0. The molecule has 0 unspecified atom stereocenters. The molecule has 11 rings (SSSR count). The lowest BCUT2D eigenvalue weighted by Gasteiger charge is -2.29. The second-order valence-corrected chi connectivity index (χ2v) is 15.3. The third kappa shape index (κ3) is 6.14. The van der Waals surface area contributed by atoms with Gasteiger partial charge in [0, 0.05) is 33.4 Å². The molecule has 0 atom stereocenters. The Kier molecular flexibility index (Phi) is 8.87. The average Bonchev–Trinajstić information content (AvgIpc) is 3.67. The summed E-state index contributed by atoms with van der Waals surface area (Å²) in [6.07, 6.45) is 0. The van der Waals surface area contributed by atoms with E-state index >= 15 is 0 Å². The Hall–Kier alpha value is -7.94. The van der Waals surface area contributed by atoms with Crippen LogP contribution in [-0.4, -0.2) is 4.57 Å². The smallest absolute Gasteiger partial charge is 0.0541 e. The topological polar surface area (TPSA) is 8.17 Å². The highest BCUT2D eigenvalue weighted by Gasteiger charge is 2.22. The highest BCUT2D eigenvalue weighted by atomic mass is 15.1. The van der Waals surface area contributed by atoms with Crippen molar-refractivity contribution in [1.29, 1.82) is 0 Å². The third-order valence-corrected chi connectivity index (χ3v) is 11.8. The SMILES string of the molecule is c1ccc(-c2ccccc2-c2ccccc2-c2ccccc2N(c2cccc(-c3cccc4ccccc34)c2)c2cccc(-n3c4ccccc4c4ccccc43)c2)cc1. The van der Waals surface area contributed by atoms with E-state index in [-0.39, 0.29) is 0 Å². The highest BCUT2D eigenvalue weighted by Crippen LogP contribution is 2.46. The number of rotatable bonds is 8. The van der Waals surface area contributed by atoms with Gasteiger partial charge in [0.05, 0.1) is 16.7 Å². The van der Waals surface area contributed by atoms with Crippen LogP contribution in [0.15, 0.2) is 243 Å². The maximum Gasteiger partial charge on any atom is 0.0541 e. The van der Waals surface area contributed by atoms with E-state index in [2.05, 4.69) is 252 Å². The minimum absolute atomic E-state index is 1.07. The van der Waals surface area contributed by atoms with Gasteiger partial charge in [-0.05, 0) is 98.2 Å². The molecule has 0 amide bonds. The maximum absolute atomic E-state index is 2.45. The van der Waals surface area contributed by atoms with E-state index in [4.69, 9.17) is 0 Å². The van der Waals surface area contributed by atoms with E-state index < -0.39 is 0 Å². The molecule has 60 heavy (non-hydrogen) atoms. The normalized spacial score (nSPS) is 11.3. The Morgan fingerprint density at radius 2 is 0.750 bits per heavy atom. The minimum Gasteiger partial charge on any atom is -0.310 e. The molecule has 0 spiro atoms. The largest absolute Gasteiger partial charge is 0.310 e. The van der Waals surface area contributed by atoms with Gasteiger partial charge in [0.25, 0.3) is 0 Å². The Balaban J connectivity index is 1.14. The van der Waals surface area contributed by atoms with Gasteiger partial charge in [0.1, 0.15) is 0 Å². The van der Waals surface area contributed by atoms with E-state index in [1.165, 1.54) is 71.5 Å². The number of benzene rings is 10. The number of hydrogen-bond donors (Lipinski definition) is 0. The Bertz CT molecular complexity index is 3280. The van der Waals surface area contributed by atoms with Crippen molar-refractivity contribution in [1.82, 2.24) is 4.57 Å². The quantitative estimate of drug-likeness (QED) is 0.150. The number of nitrogens with zero attached hydrogens (tertiary/aromatic N) is 2. The summed E-state index contributed by atoms with van der Waals surface area (Å²) < 4.78 is 2.40. The fraction of sp³-hybridized carbons (Fsp3) is 0. The van der Waals surface area contributed by atoms with E-state index in [0.717, 1.165) is 28.3 Å². The van der Waals surface area contributed by atoms with Crippen molar-refractivity contribution in [2.45, 2.75) is 0 Å². The van der Waals surface area contributed by atoms with Gasteiger partial charge in [-0.1, -0.05) is 194 Å². The number of hydrogen-bond acceptors (Lipinski definition) is 1. The molecule has 0 N–H and O–H groups in total. The average molecular weight is 765 g/mol. The Morgan fingerprint density at radius 3 is 1.48 bits per heavy atom. The van der Waals surface area contributed by atoms with Crippen molar-refractivity contribution in [3.05, 3.63) is 243 Å². The first-order valence-corrected chi connectivity index (χ1v) is 20.6. The lowest BCUT2D eigenvalue weighted by atomic mass is 9.88. The highest BCUT2D eigenvalue weighted by molar-refractivity contribution is 6.09. The molecule has 0 aliphatic rings. The van der Waals surface area contributed by atoms with Crippen molar-refractivity contribution in [3.63, 3.8) is 0 Å². The minimum atomic E-state index is 1.07. The standard InChI is InChI=1S/C58H40N2/c1-2-19-41(20-3-1)48-28-6-7-29-50(48)51-30-8-9-31-52(51)53-32-10-13-36-56(53)59(44-24-16-23-43(39-44)49-35-17-22-42-21-4-5-27-47(42)49)45-25-18-26-46(40-45)60-57-37-14-11-33-54(57)55-34-12-15-38-58(55)60/h1-40H. The molecule has 0 saturated heterocycles. The van der Waals surface area contributed by atoms with Crippen molar-refractivity contribution in [3.8, 4) is 50.2 Å². The van der Waals surface area contributed by atoms with Crippen LogP contribution >= 0.6 is 0 Å². The fourth-order valence-electron chi connectivity index (χ4n) is 9.13. The number of fused-ring (bicyclic) bond motifs is 4. The van der Waals surface area contributed by atoms with Crippen LogP contribution in [0.2, 0.25) is 0 Å². The lowest BCUT2D eigenvalue weighted by molar-refractivity contribution is 1.17. The van der Waals surface area contributed by atoms with E-state index in [1.54, 1.807) is 0 Å². The monoisotopic (exact) mass is 764 g/mol. The van der Waals surface area contributed by atoms with Gasteiger partial charge >= 0.3 is 0 Å². The summed E-state index contributed by atoms with van der Waals surface area (Å²) in [4.78, 5) is 2.45. The second-order valence-electron chi connectivity index (χ2n) is 15.3. The lowest BCUT2D eigenvalue weighted by Crippen LogP contribution is -2.12. The molecule has 0 radical (unpaired) electrons. The van der Waals surface area contributed by atoms with Gasteiger partial charge in [-0.15, -0.1) is 0 Å². The van der Waals surface area contributed by atoms with E-state index in [0.29, 0.717) is 0 Å². The molecule has 2 nitrogen and oxygen atoms in total. The van der Waals surface area contributed by atoms with Gasteiger partial charge in [-0.3, -0.25) is 0 Å². The molecule has 1 aromatic heterocycles. The van der Waals surface area contributed by atoms with Crippen molar-refractivity contribution < 1.29 is 0 Å². The molecule has 10 aromatic carbocycles. The van der Waals surface area contributed by atoms with Crippen LogP contribution in [0.3, 0.4) is 0 Å². The second kappa shape index (κ2) is 15.1. The van der Waals surface area contributed by atoms with Crippen LogP contribution < -0.4 is 4.90 Å². The molecule has 0 saturated carbocycles. The molecular formula is C58H40N2. The van der Waals surface area contributed by atoms with Gasteiger partial charge in [0.15, 0.2) is 0 Å². The third-order valence-electron chi connectivity index (χ3n) is 11.8. The van der Waals surface area contributed by atoms with Gasteiger partial charge in [-0.25, -0.2) is 0 Å². The fourth-order valence-corrected chi connectivity index (χ4v) is 9.13. The van der Waals surface area contributed by atoms with Crippen LogP contribution in [0, 0.1) is 0 Å². The first-order chi connectivity index (χ1) is 29.8. The molecule has 2 heteroatoms. The van der Waals surface area contributed by atoms with Crippen LogP contribution in [0.4, 0.5) is 17.1 Å². The van der Waals surface area contributed by atoms with Crippen molar-refractivity contribution >= 4 is 49.6 Å². The molecule has 282 valence electrons. The zero-order chi connectivity index (χ0) is 39.8. The summed E-state index contributed by atoms with van der Waals surface area (Å²) in [6.45, 7) is 0. The molecule has 0 aliphatic heterocycles. The Morgan fingerprint density at radius 1 is 0.283 bits per heavy atom. The molecule has 0 bridgehead atoms. The van der Waals surface area contributed by atoms with Crippen LogP contribution in [0.5, 0.6) is 0 Å². The summed E-state index contributed by atoms with van der Waals surface area (Å²) in [5, 5.41) is 4.96. The van der Waals surface area contributed by atoms with E-state index in [1.807, 2.05) is 0 Å². The maximum atomic E-state index is 2.45. The summed E-state index contributed by atoms with van der Waals surface area (Å²) in [7, 11) is 0. The first kappa shape index (κ1) is 35.2. The van der Waals surface area contributed by atoms with Crippen LogP contribution in [0.1, 0.15) is 0 Å². The van der Waals surface area contributed by atoms with Gasteiger partial charge < -0.3 is 9.47 Å². The zero-order valence-corrected chi connectivity index (χ0v) is 33.0. The molecule has 0 aliphatic carbocycles. The predicted octanol–water partition coefficient (Wildman–Crippen LogP) is 16.1.